The van der Waals surface area contributed by atoms with Crippen LogP contribution in [0, 0.1) is 6.92 Å². The number of H-pyrrole nitrogens is 1. The van der Waals surface area contributed by atoms with Crippen molar-refractivity contribution in [3.63, 3.8) is 0 Å². The summed E-state index contributed by atoms with van der Waals surface area (Å²) in [6.07, 6.45) is 1.82. The minimum Gasteiger partial charge on any atom is -0.391 e. The van der Waals surface area contributed by atoms with E-state index in [4.69, 9.17) is 5.11 Å². The number of rotatable bonds is 6. The molecular weight excluding hydrogens is 288 g/mol. The Morgan fingerprint density at radius 2 is 2.32 bits per heavy atom. The minimum atomic E-state index is -3.55. The normalized spacial score (nSPS) is 11.9. The van der Waals surface area contributed by atoms with E-state index in [-0.39, 0.29) is 18.0 Å². The molecule has 0 bridgehead atoms. The molecule has 0 saturated heterocycles. The second-order valence-electron chi connectivity index (χ2n) is 3.87. The number of aromatic amines is 1. The van der Waals surface area contributed by atoms with Crippen molar-refractivity contribution in [2.45, 2.75) is 24.8 Å². The first-order valence-electron chi connectivity index (χ1n) is 5.57. The molecule has 9 heteroatoms. The summed E-state index contributed by atoms with van der Waals surface area (Å²) in [5.41, 5.74) is 0. The van der Waals surface area contributed by atoms with E-state index >= 15 is 0 Å². The van der Waals surface area contributed by atoms with Crippen molar-refractivity contribution >= 4 is 21.4 Å². The van der Waals surface area contributed by atoms with Gasteiger partial charge in [-0.15, -0.1) is 11.3 Å². The van der Waals surface area contributed by atoms with Crippen LogP contribution >= 0.6 is 11.3 Å². The molecule has 0 spiro atoms. The van der Waals surface area contributed by atoms with Crippen molar-refractivity contribution in [2.24, 2.45) is 0 Å². The van der Waals surface area contributed by atoms with Crippen molar-refractivity contribution in [3.05, 3.63) is 28.0 Å². The van der Waals surface area contributed by atoms with E-state index in [1.165, 1.54) is 23.7 Å². The number of aryl methyl sites for hydroxylation is 1. The highest BCUT2D eigenvalue weighted by molar-refractivity contribution is 7.89. The summed E-state index contributed by atoms with van der Waals surface area (Å²) in [7, 11) is -3.55. The lowest BCUT2D eigenvalue weighted by Crippen LogP contribution is -2.26. The zero-order valence-electron chi connectivity index (χ0n) is 10.3. The van der Waals surface area contributed by atoms with E-state index in [9.17, 15) is 8.42 Å². The monoisotopic (exact) mass is 302 g/mol. The number of aromatic nitrogens is 3. The Bertz CT molecular complexity index is 634. The zero-order chi connectivity index (χ0) is 13.9. The fraction of sp³-hybridized carbons (Fsp3) is 0.400. The summed E-state index contributed by atoms with van der Waals surface area (Å²) in [4.78, 5) is 5.43. The number of aliphatic hydroxyl groups excluding tert-OH is 1. The maximum absolute atomic E-state index is 12.1. The molecule has 0 aromatic carbocycles. The molecule has 0 saturated carbocycles. The van der Waals surface area contributed by atoms with Gasteiger partial charge in [0.2, 0.25) is 10.0 Å². The van der Waals surface area contributed by atoms with Crippen LogP contribution in [-0.2, 0) is 23.1 Å². The third kappa shape index (κ3) is 3.38. The first-order chi connectivity index (χ1) is 9.03. The average Bonchev–Trinajstić information content (AvgIpc) is 2.98. The van der Waals surface area contributed by atoms with Gasteiger partial charge in [0.15, 0.2) is 0 Å². The van der Waals surface area contributed by atoms with Crippen LogP contribution in [0.4, 0.5) is 0 Å². The van der Waals surface area contributed by atoms with Crippen LogP contribution in [0.15, 0.2) is 17.3 Å². The summed E-state index contributed by atoms with van der Waals surface area (Å²) >= 11 is 1.27. The molecule has 0 fully saturated rings. The molecule has 2 rings (SSSR count). The molecule has 0 aliphatic carbocycles. The summed E-state index contributed by atoms with van der Waals surface area (Å²) in [5.74, 6) is 0.626. The summed E-state index contributed by atoms with van der Waals surface area (Å²) < 4.78 is 26.7. The number of nitrogens with zero attached hydrogens (tertiary/aromatic N) is 2. The lowest BCUT2D eigenvalue weighted by atomic mass is 10.4. The molecule has 0 atom stereocenters. The van der Waals surface area contributed by atoms with Gasteiger partial charge >= 0.3 is 0 Å². The molecule has 7 nitrogen and oxygen atoms in total. The number of sulfonamides is 1. The van der Waals surface area contributed by atoms with E-state index in [2.05, 4.69) is 19.9 Å². The maximum Gasteiger partial charge on any atom is 0.241 e. The highest BCUT2D eigenvalue weighted by Gasteiger charge is 2.19. The minimum absolute atomic E-state index is 0.154. The number of hydrogen-bond donors (Lipinski definition) is 3. The van der Waals surface area contributed by atoms with Crippen molar-refractivity contribution in [3.8, 4) is 0 Å². The van der Waals surface area contributed by atoms with Gasteiger partial charge in [0.05, 0.1) is 11.5 Å². The smallest absolute Gasteiger partial charge is 0.241 e. The predicted molar refractivity (Wildman–Crippen MR) is 70.3 cm³/mol. The largest absolute Gasteiger partial charge is 0.391 e. The van der Waals surface area contributed by atoms with Crippen molar-refractivity contribution in [1.29, 1.82) is 0 Å². The predicted octanol–water partition coefficient (Wildman–Crippen LogP) is 0.188. The second-order valence-corrected chi connectivity index (χ2v) is 6.95. The lowest BCUT2D eigenvalue weighted by molar-refractivity contribution is 0.285. The second kappa shape index (κ2) is 5.78. The number of hydrogen-bond acceptors (Lipinski definition) is 6. The van der Waals surface area contributed by atoms with Gasteiger partial charge in [-0.1, -0.05) is 0 Å². The van der Waals surface area contributed by atoms with Gasteiger partial charge in [0.1, 0.15) is 12.2 Å². The number of thiophene rings is 1. The molecule has 0 unspecified atom stereocenters. The lowest BCUT2D eigenvalue weighted by Gasteiger charge is -2.04. The zero-order valence-corrected chi connectivity index (χ0v) is 11.9. The van der Waals surface area contributed by atoms with Gasteiger partial charge < -0.3 is 5.11 Å². The van der Waals surface area contributed by atoms with Crippen LogP contribution < -0.4 is 4.72 Å². The van der Waals surface area contributed by atoms with E-state index in [1.54, 1.807) is 6.92 Å². The molecule has 0 radical (unpaired) electrons. The van der Waals surface area contributed by atoms with Gasteiger partial charge in [0, 0.05) is 22.7 Å². The summed E-state index contributed by atoms with van der Waals surface area (Å²) in [6, 6.07) is 1.50. The highest BCUT2D eigenvalue weighted by atomic mass is 32.2. The molecular formula is C10H14N4O3S2. The van der Waals surface area contributed by atoms with Crippen LogP contribution in [0.5, 0.6) is 0 Å². The molecule has 0 amide bonds. The maximum atomic E-state index is 12.1. The van der Waals surface area contributed by atoms with Crippen molar-refractivity contribution in [1.82, 2.24) is 19.9 Å². The van der Waals surface area contributed by atoms with E-state index < -0.39 is 10.0 Å². The Labute approximate surface area is 114 Å². The molecule has 2 aromatic heterocycles. The third-order valence-corrected chi connectivity index (χ3v) is 5.24. The fourth-order valence-corrected chi connectivity index (χ4v) is 4.13. The molecule has 2 aromatic rings. The highest BCUT2D eigenvalue weighted by Crippen LogP contribution is 2.25. The molecule has 0 aliphatic rings. The van der Waals surface area contributed by atoms with E-state index in [0.717, 1.165) is 0 Å². The Balaban J connectivity index is 2.03. The molecule has 0 aliphatic heterocycles. The van der Waals surface area contributed by atoms with Crippen LogP contribution in [0.1, 0.15) is 15.6 Å². The molecule has 2 heterocycles. The van der Waals surface area contributed by atoms with Crippen molar-refractivity contribution < 1.29 is 13.5 Å². The van der Waals surface area contributed by atoms with E-state index in [1.807, 2.05) is 0 Å². The summed E-state index contributed by atoms with van der Waals surface area (Å²) in [5, 5.41) is 15.4. The van der Waals surface area contributed by atoms with Gasteiger partial charge in [0.25, 0.3) is 0 Å². The van der Waals surface area contributed by atoms with Gasteiger partial charge in [-0.25, -0.2) is 18.1 Å². The van der Waals surface area contributed by atoms with Crippen LogP contribution in [0.3, 0.4) is 0 Å². The first-order valence-corrected chi connectivity index (χ1v) is 7.87. The van der Waals surface area contributed by atoms with Gasteiger partial charge in [-0.3, -0.25) is 5.10 Å². The Hall–Kier alpha value is -1.29. The van der Waals surface area contributed by atoms with Gasteiger partial charge in [-0.2, -0.15) is 5.10 Å². The summed E-state index contributed by atoms with van der Waals surface area (Å²) in [6.45, 7) is 1.80. The van der Waals surface area contributed by atoms with Crippen LogP contribution in [-0.4, -0.2) is 35.3 Å². The molecule has 3 N–H and O–H groups in total. The molecule has 19 heavy (non-hydrogen) atoms. The third-order valence-electron chi connectivity index (χ3n) is 2.49. The SMILES string of the molecule is Cc1sc(CO)cc1S(=O)(=O)NCCc1ncn[nH]1. The van der Waals surface area contributed by atoms with Gasteiger partial charge in [-0.05, 0) is 13.0 Å². The quantitative estimate of drug-likeness (QED) is 0.706. The molecule has 104 valence electrons. The standard InChI is InChI=1S/C10H14N4O3S2/c1-7-9(4-8(5-15)18-7)19(16,17)13-3-2-10-11-6-12-14-10/h4,6,13,15H,2-3,5H2,1H3,(H,11,12,14). The number of nitrogens with one attached hydrogen (secondary N) is 2. The van der Waals surface area contributed by atoms with Crippen molar-refractivity contribution in [2.75, 3.05) is 6.54 Å². The number of aliphatic hydroxyl groups is 1. The van der Waals surface area contributed by atoms with Crippen LogP contribution in [0.25, 0.3) is 0 Å². The Kier molecular flexibility index (Phi) is 4.30. The van der Waals surface area contributed by atoms with E-state index in [0.29, 0.717) is 22.0 Å². The topological polar surface area (TPSA) is 108 Å². The average molecular weight is 302 g/mol. The Morgan fingerprint density at radius 3 is 2.89 bits per heavy atom. The first kappa shape index (κ1) is 14.1. The fourth-order valence-electron chi connectivity index (χ4n) is 1.60. The van der Waals surface area contributed by atoms with Crippen LogP contribution in [0.2, 0.25) is 0 Å². The Morgan fingerprint density at radius 1 is 1.53 bits per heavy atom.